The van der Waals surface area contributed by atoms with Gasteiger partial charge in [-0.25, -0.2) is 9.79 Å². The van der Waals surface area contributed by atoms with Gasteiger partial charge in [-0.2, -0.15) is 0 Å². The van der Waals surface area contributed by atoms with E-state index in [4.69, 9.17) is 0 Å². The highest BCUT2D eigenvalue weighted by Crippen LogP contribution is 2.29. The Balaban J connectivity index is 1.91. The number of carboxylic acids is 1. The predicted octanol–water partition coefficient (Wildman–Crippen LogP) is 3.58. The van der Waals surface area contributed by atoms with Crippen molar-refractivity contribution in [2.75, 3.05) is 0 Å². The molecule has 0 atom stereocenters. The molecular weight excluding hydrogens is 324 g/mol. The number of aromatic carboxylic acids is 1. The van der Waals surface area contributed by atoms with Crippen LogP contribution in [0, 0.1) is 6.92 Å². The van der Waals surface area contributed by atoms with E-state index in [1.54, 1.807) is 18.2 Å². The molecule has 1 amide bonds. The standard InChI is InChI=1S/C18H14N2O3S/c1-11-7-8-13(17(22)23)14(9-11)19-18-20-16(21)15(24-18)10-12-5-3-2-4-6-12/h2-10H,1H3,(H,22,23)(H,19,20,21)/b15-10-. The van der Waals surface area contributed by atoms with Gasteiger partial charge in [0.25, 0.3) is 5.91 Å². The Hall–Kier alpha value is -2.86. The normalized spacial score (nSPS) is 17.3. The van der Waals surface area contributed by atoms with Crippen LogP contribution in [0.5, 0.6) is 0 Å². The van der Waals surface area contributed by atoms with Crippen molar-refractivity contribution in [3.05, 3.63) is 70.1 Å². The van der Waals surface area contributed by atoms with E-state index in [9.17, 15) is 14.7 Å². The molecule has 0 aliphatic carbocycles. The Bertz CT molecular complexity index is 873. The molecule has 1 heterocycles. The summed E-state index contributed by atoms with van der Waals surface area (Å²) in [6.45, 7) is 1.86. The van der Waals surface area contributed by atoms with Gasteiger partial charge in [-0.15, -0.1) is 0 Å². The summed E-state index contributed by atoms with van der Waals surface area (Å²) in [6, 6.07) is 14.4. The molecule has 0 aromatic heterocycles. The van der Waals surface area contributed by atoms with Crippen LogP contribution < -0.4 is 5.32 Å². The van der Waals surface area contributed by atoms with Crippen LogP contribution in [0.4, 0.5) is 5.69 Å². The van der Waals surface area contributed by atoms with Crippen molar-refractivity contribution in [2.45, 2.75) is 6.92 Å². The molecule has 0 radical (unpaired) electrons. The zero-order chi connectivity index (χ0) is 17.1. The molecule has 24 heavy (non-hydrogen) atoms. The maximum atomic E-state index is 12.1. The summed E-state index contributed by atoms with van der Waals surface area (Å²) in [5.74, 6) is -1.30. The highest BCUT2D eigenvalue weighted by molar-refractivity contribution is 8.18. The number of carbonyl (C=O) groups excluding carboxylic acids is 1. The van der Waals surface area contributed by atoms with Crippen LogP contribution in [-0.4, -0.2) is 22.2 Å². The van der Waals surface area contributed by atoms with Gasteiger partial charge in [0.2, 0.25) is 0 Å². The zero-order valence-electron chi connectivity index (χ0n) is 12.8. The number of aliphatic imine (C=N–C) groups is 1. The van der Waals surface area contributed by atoms with Crippen LogP contribution in [0.3, 0.4) is 0 Å². The van der Waals surface area contributed by atoms with Gasteiger partial charge >= 0.3 is 5.97 Å². The Morgan fingerprint density at radius 1 is 1.21 bits per heavy atom. The van der Waals surface area contributed by atoms with Gasteiger partial charge in [-0.05, 0) is 48.0 Å². The summed E-state index contributed by atoms with van der Waals surface area (Å²) in [6.07, 6.45) is 1.77. The minimum atomic E-state index is -1.05. The third-order valence-corrected chi connectivity index (χ3v) is 4.26. The highest BCUT2D eigenvalue weighted by Gasteiger charge is 2.24. The van der Waals surface area contributed by atoms with Gasteiger partial charge in [0.15, 0.2) is 5.17 Å². The van der Waals surface area contributed by atoms with Crippen molar-refractivity contribution in [1.82, 2.24) is 5.32 Å². The van der Waals surface area contributed by atoms with Crippen LogP contribution in [0.15, 0.2) is 58.4 Å². The lowest BCUT2D eigenvalue weighted by Crippen LogP contribution is -2.19. The third-order valence-electron chi connectivity index (χ3n) is 3.35. The Morgan fingerprint density at radius 3 is 2.67 bits per heavy atom. The fourth-order valence-corrected chi connectivity index (χ4v) is 3.04. The van der Waals surface area contributed by atoms with E-state index in [-0.39, 0.29) is 11.5 Å². The number of hydrogen-bond donors (Lipinski definition) is 2. The van der Waals surface area contributed by atoms with Crippen LogP contribution in [0.2, 0.25) is 0 Å². The number of amidine groups is 1. The molecule has 120 valence electrons. The molecular formula is C18H14N2O3S. The molecule has 2 aromatic rings. The second kappa shape index (κ2) is 6.72. The number of carboxylic acid groups (broad SMARTS) is 1. The van der Waals surface area contributed by atoms with Crippen molar-refractivity contribution >= 4 is 40.6 Å². The van der Waals surface area contributed by atoms with Crippen molar-refractivity contribution in [2.24, 2.45) is 4.99 Å². The van der Waals surface area contributed by atoms with Crippen molar-refractivity contribution in [3.8, 4) is 0 Å². The predicted molar refractivity (Wildman–Crippen MR) is 95.4 cm³/mol. The van der Waals surface area contributed by atoms with E-state index >= 15 is 0 Å². The van der Waals surface area contributed by atoms with Gasteiger partial charge in [0.05, 0.1) is 16.2 Å². The van der Waals surface area contributed by atoms with Gasteiger partial charge in [-0.1, -0.05) is 36.4 Å². The van der Waals surface area contributed by atoms with E-state index in [0.717, 1.165) is 11.1 Å². The molecule has 6 heteroatoms. The Labute approximate surface area is 143 Å². The Kier molecular flexibility index (Phi) is 4.48. The molecule has 1 aliphatic heterocycles. The quantitative estimate of drug-likeness (QED) is 0.838. The number of nitrogens with one attached hydrogen (secondary N) is 1. The zero-order valence-corrected chi connectivity index (χ0v) is 13.6. The fraction of sp³-hybridized carbons (Fsp3) is 0.0556. The number of nitrogens with zero attached hydrogens (tertiary/aromatic N) is 1. The fourth-order valence-electron chi connectivity index (χ4n) is 2.21. The maximum Gasteiger partial charge on any atom is 0.337 e. The summed E-state index contributed by atoms with van der Waals surface area (Å²) >= 11 is 1.19. The van der Waals surface area contributed by atoms with Crippen molar-refractivity contribution in [3.63, 3.8) is 0 Å². The smallest absolute Gasteiger partial charge is 0.337 e. The molecule has 0 bridgehead atoms. The molecule has 2 aromatic carbocycles. The largest absolute Gasteiger partial charge is 0.478 e. The van der Waals surface area contributed by atoms with Crippen LogP contribution in [0.1, 0.15) is 21.5 Å². The number of amides is 1. The van der Waals surface area contributed by atoms with Crippen LogP contribution in [-0.2, 0) is 4.79 Å². The average Bonchev–Trinajstić information content (AvgIpc) is 2.87. The average molecular weight is 338 g/mol. The molecule has 1 saturated heterocycles. The number of thioether (sulfide) groups is 1. The second-order valence-electron chi connectivity index (χ2n) is 5.22. The summed E-state index contributed by atoms with van der Waals surface area (Å²) in [4.78, 5) is 28.2. The second-order valence-corrected chi connectivity index (χ2v) is 6.25. The highest BCUT2D eigenvalue weighted by atomic mass is 32.2. The first-order valence-electron chi connectivity index (χ1n) is 7.21. The number of carbonyl (C=O) groups is 2. The first kappa shape index (κ1) is 16.0. The minimum Gasteiger partial charge on any atom is -0.478 e. The Morgan fingerprint density at radius 2 is 1.96 bits per heavy atom. The molecule has 3 rings (SSSR count). The SMILES string of the molecule is Cc1ccc(C(=O)O)c(N=C2NC(=O)/C(=C/c3ccccc3)S2)c1. The number of rotatable bonds is 3. The van der Waals surface area contributed by atoms with E-state index in [1.807, 2.05) is 37.3 Å². The summed E-state index contributed by atoms with van der Waals surface area (Å²) in [7, 11) is 0. The summed E-state index contributed by atoms with van der Waals surface area (Å²) < 4.78 is 0. The maximum absolute atomic E-state index is 12.1. The van der Waals surface area contributed by atoms with E-state index < -0.39 is 5.97 Å². The monoisotopic (exact) mass is 338 g/mol. The van der Waals surface area contributed by atoms with E-state index in [2.05, 4.69) is 10.3 Å². The first-order chi connectivity index (χ1) is 11.5. The minimum absolute atomic E-state index is 0.100. The van der Waals surface area contributed by atoms with Crippen molar-refractivity contribution < 1.29 is 14.7 Å². The first-order valence-corrected chi connectivity index (χ1v) is 8.03. The lowest BCUT2D eigenvalue weighted by atomic mass is 10.1. The lowest BCUT2D eigenvalue weighted by molar-refractivity contribution is -0.115. The molecule has 0 spiro atoms. The molecule has 5 nitrogen and oxygen atoms in total. The van der Waals surface area contributed by atoms with Gasteiger partial charge < -0.3 is 10.4 Å². The molecule has 0 saturated carbocycles. The topological polar surface area (TPSA) is 78.8 Å². The number of aryl methyl sites for hydroxylation is 1. The molecule has 1 fully saturated rings. The number of hydrogen-bond acceptors (Lipinski definition) is 4. The molecule has 0 unspecified atom stereocenters. The summed E-state index contributed by atoms with van der Waals surface area (Å²) in [5.41, 5.74) is 2.24. The van der Waals surface area contributed by atoms with Crippen LogP contribution in [0.25, 0.3) is 6.08 Å². The summed E-state index contributed by atoms with van der Waals surface area (Å²) in [5, 5.41) is 12.3. The third kappa shape index (κ3) is 3.55. The van der Waals surface area contributed by atoms with Gasteiger partial charge in [0, 0.05) is 0 Å². The number of benzene rings is 2. The van der Waals surface area contributed by atoms with E-state index in [0.29, 0.717) is 15.8 Å². The van der Waals surface area contributed by atoms with Crippen LogP contribution >= 0.6 is 11.8 Å². The van der Waals surface area contributed by atoms with Crippen molar-refractivity contribution in [1.29, 1.82) is 0 Å². The van der Waals surface area contributed by atoms with E-state index in [1.165, 1.54) is 17.8 Å². The van der Waals surface area contributed by atoms with Gasteiger partial charge in [0.1, 0.15) is 0 Å². The lowest BCUT2D eigenvalue weighted by Gasteiger charge is -2.03. The molecule has 1 aliphatic rings. The van der Waals surface area contributed by atoms with Gasteiger partial charge in [-0.3, -0.25) is 4.79 Å². The molecule has 2 N–H and O–H groups in total.